The smallest absolute Gasteiger partial charge is 0.118 e. The number of rotatable bonds is 6. The van der Waals surface area contributed by atoms with Crippen molar-refractivity contribution in [2.45, 2.75) is 33.0 Å². The lowest BCUT2D eigenvalue weighted by atomic mass is 10.2. The standard InChI is InChI=1S/C7H8O.C6H10O3.C4H10O/c1-6-4-2-3-5-7(6)8;1(5-3-8-5)7-2-6-4-9-6;1-3-5-4-2/h2-5,8H,1H3;5-6H,1-4H2;3-4H2,1-2H3. The first-order chi connectivity index (χ1) is 10.7. The van der Waals surface area contributed by atoms with E-state index >= 15 is 0 Å². The Morgan fingerprint density at radius 2 is 1.50 bits per heavy atom. The van der Waals surface area contributed by atoms with Crippen LogP contribution in [0.1, 0.15) is 19.4 Å². The van der Waals surface area contributed by atoms with E-state index in [2.05, 4.69) is 0 Å². The van der Waals surface area contributed by atoms with Crippen LogP contribution in [0.4, 0.5) is 0 Å². The van der Waals surface area contributed by atoms with Crippen LogP contribution in [0.5, 0.6) is 5.75 Å². The summed E-state index contributed by atoms with van der Waals surface area (Å²) in [5, 5.41) is 8.92. The van der Waals surface area contributed by atoms with Gasteiger partial charge in [0.1, 0.15) is 18.0 Å². The van der Waals surface area contributed by atoms with Crippen LogP contribution < -0.4 is 0 Å². The first-order valence-corrected chi connectivity index (χ1v) is 7.80. The predicted octanol–water partition coefficient (Wildman–Crippen LogP) is 2.54. The molecule has 3 rings (SSSR count). The molecule has 0 bridgehead atoms. The molecule has 2 unspecified atom stereocenters. The normalized spacial score (nSPS) is 21.0. The molecule has 2 aliphatic heterocycles. The lowest BCUT2D eigenvalue weighted by Crippen LogP contribution is -2.06. The van der Waals surface area contributed by atoms with Crippen LogP contribution in [0.2, 0.25) is 0 Å². The summed E-state index contributed by atoms with van der Waals surface area (Å²) in [6.07, 6.45) is 0.785. The molecular formula is C17H28O5. The topological polar surface area (TPSA) is 63.8 Å². The fourth-order valence-electron chi connectivity index (χ4n) is 1.43. The third kappa shape index (κ3) is 10.6. The predicted molar refractivity (Wildman–Crippen MR) is 85.3 cm³/mol. The number of phenols is 1. The molecule has 2 saturated heterocycles. The molecule has 1 aromatic rings. The zero-order valence-corrected chi connectivity index (χ0v) is 13.8. The van der Waals surface area contributed by atoms with Crippen LogP contribution in [-0.2, 0) is 18.9 Å². The summed E-state index contributed by atoms with van der Waals surface area (Å²) >= 11 is 0. The molecule has 2 atom stereocenters. The van der Waals surface area contributed by atoms with Gasteiger partial charge >= 0.3 is 0 Å². The SMILES string of the molecule is C(OCC1CO1)C1CO1.CCOCC.Cc1ccccc1O. The van der Waals surface area contributed by atoms with Crippen molar-refractivity contribution in [1.29, 1.82) is 0 Å². The minimum absolute atomic E-state index is 0.368. The van der Waals surface area contributed by atoms with Crippen molar-refractivity contribution in [1.82, 2.24) is 0 Å². The summed E-state index contributed by atoms with van der Waals surface area (Å²) in [7, 11) is 0. The lowest BCUT2D eigenvalue weighted by molar-refractivity contribution is 0.102. The Hall–Kier alpha value is -1.14. The van der Waals surface area contributed by atoms with Gasteiger partial charge in [0.15, 0.2) is 0 Å². The summed E-state index contributed by atoms with van der Waals surface area (Å²) in [5.41, 5.74) is 0.924. The largest absolute Gasteiger partial charge is 0.508 e. The number of phenolic OH excluding ortho intramolecular Hbond substituents is 1. The highest BCUT2D eigenvalue weighted by atomic mass is 16.6. The summed E-state index contributed by atoms with van der Waals surface area (Å²) in [6, 6.07) is 7.25. The Bertz CT molecular complexity index is 353. The highest BCUT2D eigenvalue weighted by Crippen LogP contribution is 2.13. The van der Waals surface area contributed by atoms with Gasteiger partial charge in [-0.25, -0.2) is 0 Å². The average Bonchev–Trinajstić information content (AvgIpc) is 3.39. The minimum atomic E-state index is 0.368. The number of para-hydroxylation sites is 1. The molecule has 2 heterocycles. The molecule has 0 radical (unpaired) electrons. The first kappa shape index (κ1) is 18.9. The quantitative estimate of drug-likeness (QED) is 0.818. The van der Waals surface area contributed by atoms with Gasteiger partial charge in [-0.1, -0.05) is 18.2 Å². The van der Waals surface area contributed by atoms with E-state index in [9.17, 15) is 0 Å². The zero-order chi connectivity index (χ0) is 16.2. The minimum Gasteiger partial charge on any atom is -0.508 e. The lowest BCUT2D eigenvalue weighted by Gasteiger charge is -1.95. The Kier molecular flexibility index (Phi) is 9.82. The van der Waals surface area contributed by atoms with Crippen molar-refractivity contribution in [2.24, 2.45) is 0 Å². The number of hydrogen-bond acceptors (Lipinski definition) is 5. The van der Waals surface area contributed by atoms with E-state index in [1.165, 1.54) is 0 Å². The van der Waals surface area contributed by atoms with Crippen LogP contribution in [0.25, 0.3) is 0 Å². The summed E-state index contributed by atoms with van der Waals surface area (Å²) in [4.78, 5) is 0. The van der Waals surface area contributed by atoms with Crippen molar-refractivity contribution in [3.63, 3.8) is 0 Å². The van der Waals surface area contributed by atoms with Gasteiger partial charge in [0, 0.05) is 13.2 Å². The van der Waals surface area contributed by atoms with Gasteiger partial charge in [-0.3, -0.25) is 0 Å². The molecule has 5 heteroatoms. The molecule has 1 aromatic carbocycles. The number of aryl methyl sites for hydroxylation is 1. The second-order valence-corrected chi connectivity index (χ2v) is 5.02. The van der Waals surface area contributed by atoms with Crippen LogP contribution in [0.15, 0.2) is 24.3 Å². The monoisotopic (exact) mass is 312 g/mol. The van der Waals surface area contributed by atoms with Crippen LogP contribution in [0.3, 0.4) is 0 Å². The van der Waals surface area contributed by atoms with E-state index in [-0.39, 0.29) is 0 Å². The maximum absolute atomic E-state index is 8.92. The molecule has 5 nitrogen and oxygen atoms in total. The molecule has 0 aliphatic carbocycles. The molecule has 0 aromatic heterocycles. The second kappa shape index (κ2) is 11.4. The molecule has 0 saturated carbocycles. The van der Waals surface area contributed by atoms with Crippen molar-refractivity contribution in [3.05, 3.63) is 29.8 Å². The molecule has 0 spiro atoms. The molecule has 126 valence electrons. The van der Waals surface area contributed by atoms with E-state index in [1.54, 1.807) is 6.07 Å². The van der Waals surface area contributed by atoms with E-state index < -0.39 is 0 Å². The van der Waals surface area contributed by atoms with Crippen molar-refractivity contribution < 1.29 is 24.1 Å². The van der Waals surface area contributed by atoms with E-state index in [1.807, 2.05) is 39.0 Å². The van der Waals surface area contributed by atoms with Gasteiger partial charge in [-0.05, 0) is 32.4 Å². The fraction of sp³-hybridized carbons (Fsp3) is 0.647. The van der Waals surface area contributed by atoms with E-state index in [0.717, 1.165) is 45.2 Å². The molecule has 2 fully saturated rings. The van der Waals surface area contributed by atoms with E-state index in [0.29, 0.717) is 18.0 Å². The van der Waals surface area contributed by atoms with Gasteiger partial charge < -0.3 is 24.1 Å². The zero-order valence-electron chi connectivity index (χ0n) is 13.8. The molecule has 1 N–H and O–H groups in total. The summed E-state index contributed by atoms with van der Waals surface area (Å²) in [6.45, 7) is 10.8. The number of hydrogen-bond donors (Lipinski definition) is 1. The molecular weight excluding hydrogens is 284 g/mol. The summed E-state index contributed by atoms with van der Waals surface area (Å²) in [5.74, 6) is 0.368. The highest BCUT2D eigenvalue weighted by molar-refractivity contribution is 5.29. The van der Waals surface area contributed by atoms with Gasteiger partial charge in [-0.15, -0.1) is 0 Å². The Morgan fingerprint density at radius 3 is 1.77 bits per heavy atom. The number of benzene rings is 1. The third-order valence-electron chi connectivity index (χ3n) is 2.94. The Morgan fingerprint density at radius 1 is 1.00 bits per heavy atom. The van der Waals surface area contributed by atoms with Crippen LogP contribution in [-0.4, -0.2) is 57.0 Å². The maximum atomic E-state index is 8.92. The summed E-state index contributed by atoms with van der Waals surface area (Å²) < 4.78 is 20.0. The van der Waals surface area contributed by atoms with E-state index in [4.69, 9.17) is 24.1 Å². The van der Waals surface area contributed by atoms with Crippen molar-refractivity contribution in [3.8, 4) is 5.75 Å². The van der Waals surface area contributed by atoms with Crippen LogP contribution >= 0.6 is 0 Å². The second-order valence-electron chi connectivity index (χ2n) is 5.02. The van der Waals surface area contributed by atoms with Gasteiger partial charge in [-0.2, -0.15) is 0 Å². The Balaban J connectivity index is 0.000000173. The Labute approximate surface area is 133 Å². The van der Waals surface area contributed by atoms with Gasteiger partial charge in [0.25, 0.3) is 0 Å². The number of ether oxygens (including phenoxy) is 4. The number of aromatic hydroxyl groups is 1. The van der Waals surface area contributed by atoms with Crippen molar-refractivity contribution in [2.75, 3.05) is 39.6 Å². The third-order valence-corrected chi connectivity index (χ3v) is 2.94. The maximum Gasteiger partial charge on any atom is 0.118 e. The molecule has 2 aliphatic rings. The van der Waals surface area contributed by atoms with Gasteiger partial charge in [0.2, 0.25) is 0 Å². The molecule has 22 heavy (non-hydrogen) atoms. The first-order valence-electron chi connectivity index (χ1n) is 7.80. The number of epoxide rings is 2. The van der Waals surface area contributed by atoms with Crippen LogP contribution in [0, 0.1) is 6.92 Å². The molecule has 0 amide bonds. The van der Waals surface area contributed by atoms with Gasteiger partial charge in [0.05, 0.1) is 26.4 Å². The average molecular weight is 312 g/mol. The highest BCUT2D eigenvalue weighted by Gasteiger charge is 2.26. The fourth-order valence-corrected chi connectivity index (χ4v) is 1.43. The van der Waals surface area contributed by atoms with Crippen molar-refractivity contribution >= 4 is 0 Å².